The highest BCUT2D eigenvalue weighted by Crippen LogP contribution is 2.33. The molecule has 0 saturated carbocycles. The molecule has 2 aromatic rings. The number of methoxy groups -OCH3 is 1. The van der Waals surface area contributed by atoms with Gasteiger partial charge in [0, 0.05) is 20.2 Å². The van der Waals surface area contributed by atoms with Crippen LogP contribution in [0.25, 0.3) is 0 Å². The molecule has 2 aliphatic heterocycles. The normalized spacial score (nSPS) is 18.4. The van der Waals surface area contributed by atoms with Crippen molar-refractivity contribution in [2.24, 2.45) is 0 Å². The highest BCUT2D eigenvalue weighted by molar-refractivity contribution is 5.89. The zero-order valence-corrected chi connectivity index (χ0v) is 15.2. The molecular formula is C18H22FN5O3. The van der Waals surface area contributed by atoms with Gasteiger partial charge in [0.05, 0.1) is 36.7 Å². The summed E-state index contributed by atoms with van der Waals surface area (Å²) < 4.78 is 26.9. The molecule has 3 heterocycles. The fourth-order valence-electron chi connectivity index (χ4n) is 3.62. The lowest BCUT2D eigenvalue weighted by Crippen LogP contribution is -2.52. The van der Waals surface area contributed by atoms with Crippen LogP contribution in [0.15, 0.2) is 24.3 Å². The maximum Gasteiger partial charge on any atom is 0.321 e. The monoisotopic (exact) mass is 375 g/mol. The Morgan fingerprint density at radius 1 is 1.37 bits per heavy atom. The second kappa shape index (κ2) is 7.24. The third kappa shape index (κ3) is 3.52. The maximum atomic E-state index is 13.7. The van der Waals surface area contributed by atoms with E-state index in [2.05, 4.69) is 15.6 Å². The number of fused-ring (bicyclic) bond motifs is 1. The number of para-hydroxylation sites is 1. The lowest BCUT2D eigenvalue weighted by Gasteiger charge is -2.43. The van der Waals surface area contributed by atoms with Crippen LogP contribution in [0.5, 0.6) is 0 Å². The van der Waals surface area contributed by atoms with Crippen molar-refractivity contribution in [3.63, 3.8) is 0 Å². The summed E-state index contributed by atoms with van der Waals surface area (Å²) in [5.41, 5.74) is 1.59. The van der Waals surface area contributed by atoms with Gasteiger partial charge >= 0.3 is 6.03 Å². The van der Waals surface area contributed by atoms with Crippen LogP contribution in [0.3, 0.4) is 0 Å². The minimum Gasteiger partial charge on any atom is -0.378 e. The van der Waals surface area contributed by atoms with Crippen molar-refractivity contribution in [2.75, 3.05) is 25.5 Å². The minimum absolute atomic E-state index is 0.189. The second-order valence-electron chi connectivity index (χ2n) is 6.94. The second-order valence-corrected chi connectivity index (χ2v) is 6.94. The summed E-state index contributed by atoms with van der Waals surface area (Å²) in [6, 6.07) is 5.85. The van der Waals surface area contributed by atoms with E-state index in [-0.39, 0.29) is 17.3 Å². The van der Waals surface area contributed by atoms with E-state index in [1.54, 1.807) is 30.2 Å². The third-order valence-electron chi connectivity index (χ3n) is 5.23. The van der Waals surface area contributed by atoms with E-state index in [0.29, 0.717) is 45.7 Å². The summed E-state index contributed by atoms with van der Waals surface area (Å²) in [5.74, 6) is -0.444. The van der Waals surface area contributed by atoms with E-state index in [1.165, 1.54) is 6.07 Å². The smallest absolute Gasteiger partial charge is 0.321 e. The molecule has 9 heteroatoms. The number of hydrogen-bond acceptors (Lipinski definition) is 5. The molecule has 8 nitrogen and oxygen atoms in total. The zero-order valence-electron chi connectivity index (χ0n) is 15.2. The first-order valence-corrected chi connectivity index (χ1v) is 8.95. The number of piperidine rings is 1. The topological polar surface area (TPSA) is 81.5 Å². The Bertz CT molecular complexity index is 832. The molecule has 2 amide bonds. The predicted octanol–water partition coefficient (Wildman–Crippen LogP) is 2.16. The van der Waals surface area contributed by atoms with Gasteiger partial charge in [0.15, 0.2) is 0 Å². The molecule has 144 valence electrons. The average Bonchev–Trinajstić information content (AvgIpc) is 3.06. The highest BCUT2D eigenvalue weighted by Gasteiger charge is 2.41. The van der Waals surface area contributed by atoms with Gasteiger partial charge in [-0.1, -0.05) is 17.3 Å². The van der Waals surface area contributed by atoms with Crippen molar-refractivity contribution >= 4 is 11.7 Å². The number of aromatic nitrogens is 3. The number of rotatable bonds is 3. The quantitative estimate of drug-likeness (QED) is 0.889. The van der Waals surface area contributed by atoms with Crippen molar-refractivity contribution in [1.29, 1.82) is 0 Å². The number of anilines is 1. The van der Waals surface area contributed by atoms with Crippen molar-refractivity contribution in [1.82, 2.24) is 19.9 Å². The van der Waals surface area contributed by atoms with E-state index in [0.717, 1.165) is 11.4 Å². The van der Waals surface area contributed by atoms with Crippen LogP contribution in [-0.2, 0) is 29.2 Å². The van der Waals surface area contributed by atoms with Crippen molar-refractivity contribution in [2.45, 2.75) is 38.2 Å². The number of nitrogens with one attached hydrogen (secondary N) is 1. The number of likely N-dealkylation sites (tertiary alicyclic amines) is 1. The van der Waals surface area contributed by atoms with Crippen LogP contribution in [0.1, 0.15) is 24.2 Å². The Hall–Kier alpha value is -2.52. The third-order valence-corrected chi connectivity index (χ3v) is 5.23. The van der Waals surface area contributed by atoms with Gasteiger partial charge in [-0.3, -0.25) is 0 Å². The molecular weight excluding hydrogens is 353 g/mol. The van der Waals surface area contributed by atoms with Gasteiger partial charge < -0.3 is 19.7 Å². The summed E-state index contributed by atoms with van der Waals surface area (Å²) in [4.78, 5) is 14.1. The molecule has 1 aromatic heterocycles. The van der Waals surface area contributed by atoms with Crippen LogP contribution in [0, 0.1) is 5.82 Å². The molecule has 0 atom stereocenters. The summed E-state index contributed by atoms with van der Waals surface area (Å²) in [6.45, 7) is 2.54. The highest BCUT2D eigenvalue weighted by atomic mass is 19.1. The van der Waals surface area contributed by atoms with Crippen molar-refractivity contribution in [3.8, 4) is 0 Å². The largest absolute Gasteiger partial charge is 0.378 e. The Morgan fingerprint density at radius 2 is 2.15 bits per heavy atom. The molecule has 2 aliphatic rings. The van der Waals surface area contributed by atoms with Crippen LogP contribution in [-0.4, -0.2) is 51.7 Å². The first kappa shape index (κ1) is 17.9. The molecule has 1 saturated heterocycles. The molecule has 0 radical (unpaired) electrons. The van der Waals surface area contributed by atoms with Gasteiger partial charge in [-0.25, -0.2) is 13.9 Å². The molecule has 27 heavy (non-hydrogen) atoms. The van der Waals surface area contributed by atoms with Crippen molar-refractivity contribution in [3.05, 3.63) is 41.5 Å². The first-order chi connectivity index (χ1) is 13.1. The fraction of sp³-hybridized carbons (Fsp3) is 0.500. The molecule has 0 aliphatic carbocycles. The van der Waals surface area contributed by atoms with Crippen LogP contribution >= 0.6 is 0 Å². The number of amides is 2. The Labute approximate surface area is 156 Å². The molecule has 1 spiro atoms. The van der Waals surface area contributed by atoms with Crippen LogP contribution < -0.4 is 5.32 Å². The molecule has 0 bridgehead atoms. The number of nitrogens with zero attached hydrogens (tertiary/aromatic N) is 4. The van der Waals surface area contributed by atoms with Gasteiger partial charge in [-0.05, 0) is 25.0 Å². The standard InChI is InChI=1S/C18H22FN5O3/c1-26-10-15-16-11-27-18(12-24(16)22-21-15)6-8-23(9-7-18)17(25)20-14-5-3-2-4-13(14)19/h2-5H,6-12H2,1H3,(H,20,25). The number of ether oxygens (including phenoxy) is 2. The number of halogens is 1. The van der Waals surface area contributed by atoms with Gasteiger partial charge in [0.1, 0.15) is 11.5 Å². The number of hydrogen-bond donors (Lipinski definition) is 1. The van der Waals surface area contributed by atoms with Crippen LogP contribution in [0.4, 0.5) is 14.9 Å². The molecule has 0 unspecified atom stereocenters. The van der Waals surface area contributed by atoms with Gasteiger partial charge in [0.2, 0.25) is 0 Å². The van der Waals surface area contributed by atoms with Gasteiger partial charge in [-0.15, -0.1) is 5.10 Å². The number of carbonyl (C=O) groups is 1. The molecule has 1 aromatic carbocycles. The minimum atomic E-state index is -0.444. The lowest BCUT2D eigenvalue weighted by atomic mass is 9.90. The Morgan fingerprint density at radius 3 is 2.89 bits per heavy atom. The van der Waals surface area contributed by atoms with E-state index in [9.17, 15) is 9.18 Å². The summed E-state index contributed by atoms with van der Waals surface area (Å²) in [5, 5.41) is 11.0. The first-order valence-electron chi connectivity index (χ1n) is 8.95. The average molecular weight is 375 g/mol. The Balaban J connectivity index is 1.37. The predicted molar refractivity (Wildman–Crippen MR) is 94.5 cm³/mol. The van der Waals surface area contributed by atoms with Gasteiger partial charge in [-0.2, -0.15) is 0 Å². The molecule has 1 N–H and O–H groups in total. The van der Waals surface area contributed by atoms with Crippen LogP contribution in [0.2, 0.25) is 0 Å². The fourth-order valence-corrected chi connectivity index (χ4v) is 3.62. The lowest BCUT2D eigenvalue weighted by molar-refractivity contribution is -0.119. The Kier molecular flexibility index (Phi) is 4.79. The molecule has 4 rings (SSSR count). The van der Waals surface area contributed by atoms with E-state index in [1.807, 2.05) is 4.68 Å². The van der Waals surface area contributed by atoms with E-state index in [4.69, 9.17) is 9.47 Å². The molecule has 1 fully saturated rings. The van der Waals surface area contributed by atoms with Gasteiger partial charge in [0.25, 0.3) is 0 Å². The van der Waals surface area contributed by atoms with E-state index < -0.39 is 5.82 Å². The number of carbonyl (C=O) groups excluding carboxylic acids is 1. The number of urea groups is 1. The summed E-state index contributed by atoms with van der Waals surface area (Å²) in [6.07, 6.45) is 1.38. The zero-order chi connectivity index (χ0) is 18.9. The van der Waals surface area contributed by atoms with E-state index >= 15 is 0 Å². The number of benzene rings is 1. The SMILES string of the molecule is COCc1nnn2c1COC1(CCN(C(=O)Nc3ccccc3F)CC1)C2. The summed E-state index contributed by atoms with van der Waals surface area (Å²) in [7, 11) is 1.62. The van der Waals surface area contributed by atoms with Crippen molar-refractivity contribution < 1.29 is 18.7 Å². The summed E-state index contributed by atoms with van der Waals surface area (Å²) >= 11 is 0. The maximum absolute atomic E-state index is 13.7.